The first-order valence-corrected chi connectivity index (χ1v) is 6.62. The van der Waals surface area contributed by atoms with Crippen molar-refractivity contribution in [3.05, 3.63) is 23.4 Å². The molecule has 2 rings (SSSR count). The maximum Gasteiger partial charge on any atom is 0.126 e. The van der Waals surface area contributed by atoms with Gasteiger partial charge in [0.15, 0.2) is 0 Å². The molecule has 1 aromatic rings. The lowest BCUT2D eigenvalue weighted by Crippen LogP contribution is -2.68. The predicted molar refractivity (Wildman–Crippen MR) is 78.9 cm³/mol. The van der Waals surface area contributed by atoms with Gasteiger partial charge in [0, 0.05) is 18.8 Å². The topological polar surface area (TPSA) is 46.2 Å². The van der Waals surface area contributed by atoms with Crippen molar-refractivity contribution in [2.75, 3.05) is 11.9 Å². The van der Waals surface area contributed by atoms with E-state index in [0.717, 1.165) is 5.82 Å². The first kappa shape index (κ1) is 14.7. The number of hydrogen-bond donors (Lipinski definition) is 2. The molecule has 4 radical (unpaired) electrons. The molecule has 7 heteroatoms. The molecule has 1 aromatic heterocycles. The summed E-state index contributed by atoms with van der Waals surface area (Å²) in [6.45, 7) is 4.45. The standard InChI is InChI=1S/C12H16B2ClN3O/c1-7-10(18-12(13,14)8(2)19-7)6-17-11-4-3-9(15)5-16-11/h3-5,7-8,10,18H,6H2,1-2H3,(H,16,17)/t7-,8?,10?/m0/s1. The molecule has 0 aromatic carbocycles. The highest BCUT2D eigenvalue weighted by Crippen LogP contribution is 2.19. The fourth-order valence-electron chi connectivity index (χ4n) is 2.00. The molecule has 2 unspecified atom stereocenters. The lowest BCUT2D eigenvalue weighted by Gasteiger charge is -2.46. The van der Waals surface area contributed by atoms with Crippen molar-refractivity contribution in [2.24, 2.45) is 0 Å². The number of hydrogen-bond acceptors (Lipinski definition) is 4. The van der Waals surface area contributed by atoms with Gasteiger partial charge in [-0.3, -0.25) is 0 Å². The molecule has 3 atom stereocenters. The minimum Gasteiger partial charge on any atom is -0.374 e. The van der Waals surface area contributed by atoms with Crippen LogP contribution < -0.4 is 10.6 Å². The van der Waals surface area contributed by atoms with Crippen LogP contribution in [-0.2, 0) is 4.74 Å². The van der Waals surface area contributed by atoms with Crippen LogP contribution in [0.3, 0.4) is 0 Å². The number of anilines is 1. The number of rotatable bonds is 3. The maximum atomic E-state index is 5.94. The molecule has 0 spiro atoms. The first-order chi connectivity index (χ1) is 8.88. The average Bonchev–Trinajstić information content (AvgIpc) is 2.34. The molecule has 1 aliphatic rings. The van der Waals surface area contributed by atoms with Crippen LogP contribution in [0.2, 0.25) is 5.02 Å². The third-order valence-corrected chi connectivity index (χ3v) is 3.55. The number of halogens is 1. The third kappa shape index (κ3) is 3.65. The van der Waals surface area contributed by atoms with E-state index < -0.39 is 5.34 Å². The summed E-state index contributed by atoms with van der Waals surface area (Å²) >= 11 is 5.78. The Kier molecular flexibility index (Phi) is 4.43. The molecule has 0 amide bonds. The zero-order valence-corrected chi connectivity index (χ0v) is 11.8. The summed E-state index contributed by atoms with van der Waals surface area (Å²) < 4.78 is 5.73. The highest BCUT2D eigenvalue weighted by Gasteiger charge is 2.37. The van der Waals surface area contributed by atoms with Gasteiger partial charge in [0.25, 0.3) is 0 Å². The number of ether oxygens (including phenoxy) is 1. The van der Waals surface area contributed by atoms with E-state index in [4.69, 9.17) is 32.0 Å². The molecule has 19 heavy (non-hydrogen) atoms. The number of nitrogens with one attached hydrogen (secondary N) is 2. The van der Waals surface area contributed by atoms with Crippen molar-refractivity contribution in [2.45, 2.75) is 37.4 Å². The zero-order chi connectivity index (χ0) is 14.0. The minimum atomic E-state index is -1.02. The minimum absolute atomic E-state index is 0.00341. The summed E-state index contributed by atoms with van der Waals surface area (Å²) in [6, 6.07) is 3.60. The van der Waals surface area contributed by atoms with E-state index in [1.165, 1.54) is 0 Å². The van der Waals surface area contributed by atoms with E-state index in [-0.39, 0.29) is 18.2 Å². The molecule has 1 aliphatic heterocycles. The van der Waals surface area contributed by atoms with Crippen molar-refractivity contribution in [3.8, 4) is 0 Å². The van der Waals surface area contributed by atoms with Gasteiger partial charge in [0.05, 0.1) is 32.9 Å². The van der Waals surface area contributed by atoms with Crippen LogP contribution in [0.15, 0.2) is 18.3 Å². The Morgan fingerprint density at radius 2 is 2.21 bits per heavy atom. The Labute approximate surface area is 121 Å². The van der Waals surface area contributed by atoms with E-state index in [1.54, 1.807) is 12.3 Å². The van der Waals surface area contributed by atoms with Crippen LogP contribution in [0.5, 0.6) is 0 Å². The van der Waals surface area contributed by atoms with Crippen LogP contribution in [0.4, 0.5) is 5.82 Å². The highest BCUT2D eigenvalue weighted by atomic mass is 35.5. The van der Waals surface area contributed by atoms with E-state index in [2.05, 4.69) is 15.6 Å². The van der Waals surface area contributed by atoms with Gasteiger partial charge in [-0.1, -0.05) is 11.6 Å². The van der Waals surface area contributed by atoms with Gasteiger partial charge in [-0.2, -0.15) is 0 Å². The monoisotopic (exact) mass is 275 g/mol. The van der Waals surface area contributed by atoms with Crippen LogP contribution >= 0.6 is 11.6 Å². The second-order valence-electron chi connectivity index (χ2n) is 4.91. The lowest BCUT2D eigenvalue weighted by atomic mass is 9.57. The molecular formula is C12H16B2ClN3O. The Hall–Kier alpha value is -0.710. The van der Waals surface area contributed by atoms with E-state index in [0.29, 0.717) is 11.6 Å². The summed E-state index contributed by atoms with van der Waals surface area (Å²) in [4.78, 5) is 4.16. The summed E-state index contributed by atoms with van der Waals surface area (Å²) in [5.41, 5.74) is 0. The summed E-state index contributed by atoms with van der Waals surface area (Å²) in [5, 5.41) is 5.97. The quantitative estimate of drug-likeness (QED) is 0.805. The normalized spacial score (nSPS) is 29.9. The Balaban J connectivity index is 1.93. The van der Waals surface area contributed by atoms with E-state index >= 15 is 0 Å². The van der Waals surface area contributed by atoms with Crippen LogP contribution in [0.1, 0.15) is 13.8 Å². The first-order valence-electron chi connectivity index (χ1n) is 6.25. The van der Waals surface area contributed by atoms with Gasteiger partial charge in [0.1, 0.15) is 5.82 Å². The summed E-state index contributed by atoms with van der Waals surface area (Å²) in [7, 11) is 11.9. The molecule has 2 N–H and O–H groups in total. The molecule has 2 heterocycles. The Morgan fingerprint density at radius 1 is 1.47 bits per heavy atom. The van der Waals surface area contributed by atoms with Gasteiger partial charge in [-0.15, -0.1) is 0 Å². The Morgan fingerprint density at radius 3 is 2.84 bits per heavy atom. The zero-order valence-electron chi connectivity index (χ0n) is 11.1. The van der Waals surface area contributed by atoms with E-state index in [9.17, 15) is 0 Å². The van der Waals surface area contributed by atoms with Gasteiger partial charge in [-0.05, 0) is 31.3 Å². The molecule has 1 saturated heterocycles. The predicted octanol–water partition coefficient (Wildman–Crippen LogP) is 0.903. The SMILES string of the molecule is [B]C1([B])NC(CNc2ccc(Cl)cn2)[C@H](C)OC1C. The van der Waals surface area contributed by atoms with Gasteiger partial charge in [-0.25, -0.2) is 4.98 Å². The number of pyridine rings is 1. The van der Waals surface area contributed by atoms with Crippen LogP contribution in [0, 0.1) is 0 Å². The van der Waals surface area contributed by atoms with E-state index in [1.807, 2.05) is 19.9 Å². The molecule has 0 saturated carbocycles. The van der Waals surface area contributed by atoms with Crippen LogP contribution in [-0.4, -0.2) is 50.8 Å². The smallest absolute Gasteiger partial charge is 0.126 e. The number of morpholine rings is 1. The number of aromatic nitrogens is 1. The second-order valence-corrected chi connectivity index (χ2v) is 5.35. The van der Waals surface area contributed by atoms with Crippen molar-refractivity contribution >= 4 is 33.1 Å². The van der Waals surface area contributed by atoms with Crippen molar-refractivity contribution < 1.29 is 4.74 Å². The molecule has 1 fully saturated rings. The molecule has 0 bridgehead atoms. The highest BCUT2D eigenvalue weighted by molar-refractivity contribution is 6.40. The van der Waals surface area contributed by atoms with Crippen LogP contribution in [0.25, 0.3) is 0 Å². The van der Waals surface area contributed by atoms with Gasteiger partial charge >= 0.3 is 0 Å². The summed E-state index contributed by atoms with van der Waals surface area (Å²) in [6.07, 6.45) is 1.36. The lowest BCUT2D eigenvalue weighted by molar-refractivity contribution is -0.0601. The third-order valence-electron chi connectivity index (χ3n) is 3.32. The fraction of sp³-hybridized carbons (Fsp3) is 0.583. The van der Waals surface area contributed by atoms with Crippen molar-refractivity contribution in [1.82, 2.24) is 10.3 Å². The molecule has 0 aliphatic carbocycles. The van der Waals surface area contributed by atoms with Crippen molar-refractivity contribution in [3.63, 3.8) is 0 Å². The largest absolute Gasteiger partial charge is 0.374 e. The Bertz CT molecular complexity index is 429. The average molecular weight is 275 g/mol. The molecule has 98 valence electrons. The van der Waals surface area contributed by atoms with Crippen molar-refractivity contribution in [1.29, 1.82) is 0 Å². The number of nitrogens with zero attached hydrogens (tertiary/aromatic N) is 1. The second kappa shape index (κ2) is 5.73. The fourth-order valence-corrected chi connectivity index (χ4v) is 2.11. The molecular weight excluding hydrogens is 259 g/mol. The van der Waals surface area contributed by atoms with Gasteiger partial charge in [0.2, 0.25) is 0 Å². The molecule has 4 nitrogen and oxygen atoms in total. The maximum absolute atomic E-state index is 5.94. The van der Waals surface area contributed by atoms with Gasteiger partial charge < -0.3 is 15.4 Å². The summed E-state index contributed by atoms with van der Waals surface area (Å²) in [5.74, 6) is 0.747.